The Morgan fingerprint density at radius 3 is 2.75 bits per heavy atom. The second kappa shape index (κ2) is 7.73. The van der Waals surface area contributed by atoms with Crippen LogP contribution in [0.3, 0.4) is 0 Å². The van der Waals surface area contributed by atoms with Crippen molar-refractivity contribution in [1.82, 2.24) is 5.32 Å². The summed E-state index contributed by atoms with van der Waals surface area (Å²) in [5.41, 5.74) is 1.04. The Labute approximate surface area is 141 Å². The van der Waals surface area contributed by atoms with Gasteiger partial charge in [0.05, 0.1) is 12.5 Å². The Hall–Kier alpha value is -2.69. The Balaban J connectivity index is 1.46. The predicted octanol–water partition coefficient (Wildman–Crippen LogP) is 3.10. The molecule has 5 heteroatoms. The largest absolute Gasteiger partial charge is 0.492 e. The SMILES string of the molecule is CCC(C(=O)NCCOc1ccc2c(c1)OCO2)c1ccccc1. The number of nitrogens with one attached hydrogen (secondary N) is 1. The summed E-state index contributed by atoms with van der Waals surface area (Å²) in [5, 5.41) is 2.93. The summed E-state index contributed by atoms with van der Waals surface area (Å²) in [6.45, 7) is 3.11. The van der Waals surface area contributed by atoms with Gasteiger partial charge in [0, 0.05) is 6.07 Å². The number of fused-ring (bicyclic) bond motifs is 1. The molecular formula is C19H21NO4. The van der Waals surface area contributed by atoms with E-state index in [1.165, 1.54) is 0 Å². The fourth-order valence-electron chi connectivity index (χ4n) is 2.69. The lowest BCUT2D eigenvalue weighted by Crippen LogP contribution is -2.32. The fraction of sp³-hybridized carbons (Fsp3) is 0.316. The number of carbonyl (C=O) groups excluding carboxylic acids is 1. The highest BCUT2D eigenvalue weighted by Crippen LogP contribution is 2.34. The molecule has 0 aromatic heterocycles. The number of hydrogen-bond acceptors (Lipinski definition) is 4. The van der Waals surface area contributed by atoms with Gasteiger partial charge in [-0.15, -0.1) is 0 Å². The molecular weight excluding hydrogens is 306 g/mol. The van der Waals surface area contributed by atoms with Crippen LogP contribution in [0.2, 0.25) is 0 Å². The zero-order chi connectivity index (χ0) is 16.8. The van der Waals surface area contributed by atoms with E-state index in [-0.39, 0.29) is 18.6 Å². The molecule has 5 nitrogen and oxygen atoms in total. The quantitative estimate of drug-likeness (QED) is 0.794. The van der Waals surface area contributed by atoms with Crippen molar-refractivity contribution in [2.45, 2.75) is 19.3 Å². The van der Waals surface area contributed by atoms with Crippen LogP contribution < -0.4 is 19.5 Å². The molecule has 1 aliphatic rings. The maximum atomic E-state index is 12.3. The topological polar surface area (TPSA) is 56.8 Å². The van der Waals surface area contributed by atoms with Crippen molar-refractivity contribution in [3.8, 4) is 17.2 Å². The first kappa shape index (κ1) is 16.2. The maximum Gasteiger partial charge on any atom is 0.231 e. The van der Waals surface area contributed by atoms with Crippen LogP contribution in [0.15, 0.2) is 48.5 Å². The lowest BCUT2D eigenvalue weighted by Gasteiger charge is -2.15. The summed E-state index contributed by atoms with van der Waals surface area (Å²) in [5.74, 6) is 2.01. The Kier molecular flexibility index (Phi) is 5.21. The van der Waals surface area contributed by atoms with Gasteiger partial charge in [0.1, 0.15) is 12.4 Å². The number of rotatable bonds is 7. The van der Waals surface area contributed by atoms with E-state index in [1.807, 2.05) is 49.4 Å². The van der Waals surface area contributed by atoms with E-state index in [1.54, 1.807) is 6.07 Å². The molecule has 0 spiro atoms. The van der Waals surface area contributed by atoms with Crippen molar-refractivity contribution in [2.24, 2.45) is 0 Å². The number of amides is 1. The molecule has 0 aliphatic carbocycles. The van der Waals surface area contributed by atoms with Crippen LogP contribution >= 0.6 is 0 Å². The highest BCUT2D eigenvalue weighted by atomic mass is 16.7. The number of hydrogen-bond donors (Lipinski definition) is 1. The van der Waals surface area contributed by atoms with Crippen LogP contribution in [0.1, 0.15) is 24.8 Å². The van der Waals surface area contributed by atoms with Crippen molar-refractivity contribution in [3.05, 3.63) is 54.1 Å². The van der Waals surface area contributed by atoms with Gasteiger partial charge in [-0.1, -0.05) is 37.3 Å². The molecule has 0 saturated heterocycles. The Morgan fingerprint density at radius 1 is 1.17 bits per heavy atom. The predicted molar refractivity (Wildman–Crippen MR) is 90.5 cm³/mol. The Morgan fingerprint density at radius 2 is 1.96 bits per heavy atom. The van der Waals surface area contributed by atoms with Crippen molar-refractivity contribution in [2.75, 3.05) is 19.9 Å². The van der Waals surface area contributed by atoms with E-state index in [2.05, 4.69) is 5.32 Å². The monoisotopic (exact) mass is 327 g/mol. The van der Waals surface area contributed by atoms with Gasteiger partial charge >= 0.3 is 0 Å². The minimum absolute atomic E-state index is 0.0259. The maximum absolute atomic E-state index is 12.3. The van der Waals surface area contributed by atoms with Gasteiger partial charge in [0.15, 0.2) is 11.5 Å². The van der Waals surface area contributed by atoms with E-state index in [0.717, 1.165) is 17.7 Å². The molecule has 0 radical (unpaired) electrons. The summed E-state index contributed by atoms with van der Waals surface area (Å²) < 4.78 is 16.2. The van der Waals surface area contributed by atoms with Crippen LogP contribution in [0.4, 0.5) is 0 Å². The van der Waals surface area contributed by atoms with Gasteiger partial charge in [0.25, 0.3) is 0 Å². The number of ether oxygens (including phenoxy) is 3. The van der Waals surface area contributed by atoms with Crippen LogP contribution in [0, 0.1) is 0 Å². The molecule has 1 unspecified atom stereocenters. The summed E-state index contributed by atoms with van der Waals surface area (Å²) in [6.07, 6.45) is 0.763. The summed E-state index contributed by atoms with van der Waals surface area (Å²) in [6, 6.07) is 15.3. The van der Waals surface area contributed by atoms with Crippen LogP contribution in [0.25, 0.3) is 0 Å². The van der Waals surface area contributed by atoms with Gasteiger partial charge in [-0.3, -0.25) is 4.79 Å². The van der Waals surface area contributed by atoms with Crippen LogP contribution in [-0.2, 0) is 4.79 Å². The van der Waals surface area contributed by atoms with Gasteiger partial charge in [-0.25, -0.2) is 0 Å². The van der Waals surface area contributed by atoms with Gasteiger partial charge in [0.2, 0.25) is 12.7 Å². The molecule has 1 amide bonds. The summed E-state index contributed by atoms with van der Waals surface area (Å²) >= 11 is 0. The third kappa shape index (κ3) is 3.79. The van der Waals surface area contributed by atoms with E-state index < -0.39 is 0 Å². The van der Waals surface area contributed by atoms with Gasteiger partial charge in [-0.05, 0) is 24.1 Å². The highest BCUT2D eigenvalue weighted by molar-refractivity contribution is 5.83. The zero-order valence-corrected chi connectivity index (χ0v) is 13.7. The van der Waals surface area contributed by atoms with Gasteiger partial charge in [-0.2, -0.15) is 0 Å². The first-order valence-corrected chi connectivity index (χ1v) is 8.13. The van der Waals surface area contributed by atoms with E-state index >= 15 is 0 Å². The average molecular weight is 327 g/mol. The van der Waals surface area contributed by atoms with E-state index in [4.69, 9.17) is 14.2 Å². The second-order valence-electron chi connectivity index (χ2n) is 5.53. The first-order chi connectivity index (χ1) is 11.8. The van der Waals surface area contributed by atoms with Crippen LogP contribution in [0.5, 0.6) is 17.2 Å². The summed E-state index contributed by atoms with van der Waals surface area (Å²) in [4.78, 5) is 12.3. The second-order valence-corrected chi connectivity index (χ2v) is 5.53. The van der Waals surface area contributed by atoms with E-state index in [9.17, 15) is 4.79 Å². The van der Waals surface area contributed by atoms with Crippen molar-refractivity contribution in [3.63, 3.8) is 0 Å². The molecule has 0 saturated carbocycles. The minimum atomic E-state index is -0.128. The fourth-order valence-corrected chi connectivity index (χ4v) is 2.69. The highest BCUT2D eigenvalue weighted by Gasteiger charge is 2.18. The minimum Gasteiger partial charge on any atom is -0.492 e. The molecule has 2 aromatic rings. The summed E-state index contributed by atoms with van der Waals surface area (Å²) in [7, 11) is 0. The average Bonchev–Trinajstić information content (AvgIpc) is 3.08. The first-order valence-electron chi connectivity index (χ1n) is 8.13. The molecule has 24 heavy (non-hydrogen) atoms. The molecule has 1 N–H and O–H groups in total. The molecule has 0 fully saturated rings. The van der Waals surface area contributed by atoms with Crippen molar-refractivity contribution in [1.29, 1.82) is 0 Å². The van der Waals surface area contributed by atoms with Crippen molar-refractivity contribution < 1.29 is 19.0 Å². The van der Waals surface area contributed by atoms with Gasteiger partial charge < -0.3 is 19.5 Å². The number of benzene rings is 2. The third-order valence-corrected chi connectivity index (χ3v) is 3.94. The lowest BCUT2D eigenvalue weighted by molar-refractivity contribution is -0.122. The van der Waals surface area contributed by atoms with Crippen molar-refractivity contribution >= 4 is 5.91 Å². The standard InChI is InChI=1S/C19H21NO4/c1-2-16(14-6-4-3-5-7-14)19(21)20-10-11-22-15-8-9-17-18(12-15)24-13-23-17/h3-9,12,16H,2,10-11,13H2,1H3,(H,20,21). The zero-order valence-electron chi connectivity index (χ0n) is 13.7. The molecule has 1 heterocycles. The Bertz CT molecular complexity index is 687. The van der Waals surface area contributed by atoms with E-state index in [0.29, 0.717) is 24.7 Å². The smallest absolute Gasteiger partial charge is 0.231 e. The van der Waals surface area contributed by atoms with Crippen LogP contribution in [-0.4, -0.2) is 25.9 Å². The lowest BCUT2D eigenvalue weighted by atomic mass is 9.96. The molecule has 126 valence electrons. The normalized spacial score (nSPS) is 13.4. The molecule has 2 aromatic carbocycles. The molecule has 1 aliphatic heterocycles. The molecule has 0 bridgehead atoms. The number of carbonyl (C=O) groups is 1. The third-order valence-electron chi connectivity index (χ3n) is 3.94. The molecule has 3 rings (SSSR count). The molecule has 1 atom stereocenters.